The van der Waals surface area contributed by atoms with Gasteiger partial charge in [-0.25, -0.2) is 0 Å². The fraction of sp³-hybridized carbons (Fsp3) is 0.357. The monoisotopic (exact) mass is 291 g/mol. The lowest BCUT2D eigenvalue weighted by Gasteiger charge is -2.16. The number of hydrogen-bond donors (Lipinski definition) is 2. The lowest BCUT2D eigenvalue weighted by atomic mass is 9.91. The smallest absolute Gasteiger partial charge is 0.269 e. The SMILES string of the molecule is Cc1cc(NC(=O)c2snnc2C(C)(C)C)ccc1O. The summed E-state index contributed by atoms with van der Waals surface area (Å²) < 4.78 is 3.87. The molecule has 0 aliphatic rings. The summed E-state index contributed by atoms with van der Waals surface area (Å²) >= 11 is 1.09. The van der Waals surface area contributed by atoms with Crippen LogP contribution in [0.2, 0.25) is 0 Å². The maximum Gasteiger partial charge on any atom is 0.269 e. The van der Waals surface area contributed by atoms with Gasteiger partial charge in [-0.15, -0.1) is 5.10 Å². The second-order valence-corrected chi connectivity index (χ2v) is 6.41. The largest absolute Gasteiger partial charge is 0.508 e. The maximum absolute atomic E-state index is 12.3. The highest BCUT2D eigenvalue weighted by Gasteiger charge is 2.26. The Morgan fingerprint density at radius 3 is 2.65 bits per heavy atom. The number of aryl methyl sites for hydroxylation is 1. The number of hydrogen-bond acceptors (Lipinski definition) is 5. The number of anilines is 1. The second kappa shape index (κ2) is 5.20. The van der Waals surface area contributed by atoms with Crippen LogP contribution in [0.25, 0.3) is 0 Å². The van der Waals surface area contributed by atoms with Gasteiger partial charge in [0, 0.05) is 11.1 Å². The topological polar surface area (TPSA) is 75.1 Å². The Morgan fingerprint density at radius 2 is 2.05 bits per heavy atom. The molecule has 1 heterocycles. The molecule has 106 valence electrons. The van der Waals surface area contributed by atoms with Crippen molar-refractivity contribution in [3.63, 3.8) is 0 Å². The predicted molar refractivity (Wildman–Crippen MR) is 79.4 cm³/mol. The van der Waals surface area contributed by atoms with Gasteiger partial charge in [0.25, 0.3) is 5.91 Å². The van der Waals surface area contributed by atoms with E-state index < -0.39 is 0 Å². The fourth-order valence-corrected chi connectivity index (χ4v) is 2.52. The zero-order valence-corrected chi connectivity index (χ0v) is 12.7. The first kappa shape index (κ1) is 14.5. The molecule has 0 aliphatic heterocycles. The molecule has 0 atom stereocenters. The van der Waals surface area contributed by atoms with Crippen molar-refractivity contribution in [3.8, 4) is 5.75 Å². The normalized spacial score (nSPS) is 11.4. The van der Waals surface area contributed by atoms with Gasteiger partial charge in [0.2, 0.25) is 0 Å². The highest BCUT2D eigenvalue weighted by Crippen LogP contribution is 2.27. The first-order chi connectivity index (χ1) is 9.29. The summed E-state index contributed by atoms with van der Waals surface area (Å²) in [6.07, 6.45) is 0. The van der Waals surface area contributed by atoms with E-state index in [1.165, 1.54) is 0 Å². The van der Waals surface area contributed by atoms with E-state index in [1.54, 1.807) is 25.1 Å². The molecule has 1 aromatic heterocycles. The summed E-state index contributed by atoms with van der Waals surface area (Å²) in [4.78, 5) is 12.8. The van der Waals surface area contributed by atoms with Gasteiger partial charge in [-0.3, -0.25) is 4.79 Å². The molecular formula is C14H17N3O2S. The molecule has 1 aromatic carbocycles. The number of phenolic OH excluding ortho intramolecular Hbond substituents is 1. The van der Waals surface area contributed by atoms with Crippen molar-refractivity contribution in [3.05, 3.63) is 34.3 Å². The number of amides is 1. The predicted octanol–water partition coefficient (Wildman–Crippen LogP) is 3.10. The van der Waals surface area contributed by atoms with Crippen LogP contribution in [0.4, 0.5) is 5.69 Å². The third-order valence-electron chi connectivity index (χ3n) is 2.86. The second-order valence-electron chi connectivity index (χ2n) is 5.66. The molecule has 20 heavy (non-hydrogen) atoms. The number of carbonyl (C=O) groups excluding carboxylic acids is 1. The Balaban J connectivity index is 2.25. The summed E-state index contributed by atoms with van der Waals surface area (Å²) in [5.41, 5.74) is 1.81. The average molecular weight is 291 g/mol. The Kier molecular flexibility index (Phi) is 3.76. The first-order valence-electron chi connectivity index (χ1n) is 6.23. The van der Waals surface area contributed by atoms with Crippen molar-refractivity contribution in [1.82, 2.24) is 9.59 Å². The van der Waals surface area contributed by atoms with Crippen LogP contribution in [-0.2, 0) is 5.41 Å². The van der Waals surface area contributed by atoms with Crippen LogP contribution < -0.4 is 5.32 Å². The van der Waals surface area contributed by atoms with E-state index in [0.29, 0.717) is 21.8 Å². The van der Waals surface area contributed by atoms with Gasteiger partial charge < -0.3 is 10.4 Å². The van der Waals surface area contributed by atoms with Gasteiger partial charge in [-0.1, -0.05) is 25.3 Å². The molecule has 0 unspecified atom stereocenters. The van der Waals surface area contributed by atoms with Gasteiger partial charge in [0.15, 0.2) is 0 Å². The van der Waals surface area contributed by atoms with Crippen LogP contribution in [0.5, 0.6) is 5.75 Å². The molecule has 0 spiro atoms. The first-order valence-corrected chi connectivity index (χ1v) is 7.00. The average Bonchev–Trinajstić information content (AvgIpc) is 2.83. The molecule has 0 aliphatic carbocycles. The Labute approximate surface area is 121 Å². The third kappa shape index (κ3) is 2.96. The summed E-state index contributed by atoms with van der Waals surface area (Å²) in [6, 6.07) is 4.93. The van der Waals surface area contributed by atoms with Crippen molar-refractivity contribution in [2.24, 2.45) is 0 Å². The van der Waals surface area contributed by atoms with Gasteiger partial charge in [0.1, 0.15) is 10.6 Å². The van der Waals surface area contributed by atoms with Crippen molar-refractivity contribution in [1.29, 1.82) is 0 Å². The molecular weight excluding hydrogens is 274 g/mol. The number of benzene rings is 1. The number of aromatic nitrogens is 2. The van der Waals surface area contributed by atoms with Crippen molar-refractivity contribution in [2.45, 2.75) is 33.1 Å². The lowest BCUT2D eigenvalue weighted by Crippen LogP contribution is -2.19. The summed E-state index contributed by atoms with van der Waals surface area (Å²) in [7, 11) is 0. The number of nitrogens with zero attached hydrogens (tertiary/aromatic N) is 2. The zero-order valence-electron chi connectivity index (χ0n) is 11.9. The molecule has 0 radical (unpaired) electrons. The molecule has 0 saturated heterocycles. The molecule has 2 aromatic rings. The minimum absolute atomic E-state index is 0.206. The molecule has 6 heteroatoms. The van der Waals surface area contributed by atoms with E-state index in [-0.39, 0.29) is 17.1 Å². The number of rotatable bonds is 2. The van der Waals surface area contributed by atoms with Gasteiger partial charge >= 0.3 is 0 Å². The van der Waals surface area contributed by atoms with E-state index >= 15 is 0 Å². The number of aromatic hydroxyl groups is 1. The summed E-state index contributed by atoms with van der Waals surface area (Å²) in [5.74, 6) is -0.0205. The van der Waals surface area contributed by atoms with Crippen LogP contribution in [0.3, 0.4) is 0 Å². The van der Waals surface area contributed by atoms with Crippen LogP contribution >= 0.6 is 11.5 Å². The molecule has 0 bridgehead atoms. The van der Waals surface area contributed by atoms with Gasteiger partial charge in [-0.05, 0) is 42.2 Å². The zero-order chi connectivity index (χ0) is 14.9. The number of phenols is 1. The van der Waals surface area contributed by atoms with Crippen LogP contribution in [-0.4, -0.2) is 20.6 Å². The molecule has 0 saturated carbocycles. The van der Waals surface area contributed by atoms with Crippen LogP contribution in [0, 0.1) is 6.92 Å². The highest BCUT2D eigenvalue weighted by atomic mass is 32.1. The number of nitrogens with one attached hydrogen (secondary N) is 1. The lowest BCUT2D eigenvalue weighted by molar-refractivity contribution is 0.102. The van der Waals surface area contributed by atoms with Gasteiger partial charge in [-0.2, -0.15) is 0 Å². The standard InChI is InChI=1S/C14H17N3O2S/c1-8-7-9(5-6-10(8)18)15-13(19)11-12(14(2,3)4)16-17-20-11/h5-7,18H,1-4H3,(H,15,19). The minimum Gasteiger partial charge on any atom is -0.508 e. The maximum atomic E-state index is 12.3. The molecule has 2 rings (SSSR count). The Morgan fingerprint density at radius 1 is 1.35 bits per heavy atom. The van der Waals surface area contributed by atoms with Crippen molar-refractivity contribution >= 4 is 23.1 Å². The third-order valence-corrected chi connectivity index (χ3v) is 3.58. The van der Waals surface area contributed by atoms with E-state index in [9.17, 15) is 9.90 Å². The molecule has 1 amide bonds. The van der Waals surface area contributed by atoms with Crippen molar-refractivity contribution < 1.29 is 9.90 Å². The van der Waals surface area contributed by atoms with E-state index in [4.69, 9.17) is 0 Å². The molecule has 5 nitrogen and oxygen atoms in total. The van der Waals surface area contributed by atoms with Gasteiger partial charge in [0.05, 0.1) is 5.69 Å². The van der Waals surface area contributed by atoms with Crippen LogP contribution in [0.15, 0.2) is 18.2 Å². The Hall–Kier alpha value is -1.95. The Bertz CT molecular complexity index is 644. The number of carbonyl (C=O) groups is 1. The van der Waals surface area contributed by atoms with E-state index in [0.717, 1.165) is 11.5 Å². The summed E-state index contributed by atoms with van der Waals surface area (Å²) in [6.45, 7) is 7.75. The minimum atomic E-state index is -0.232. The molecule has 2 N–H and O–H groups in total. The van der Waals surface area contributed by atoms with E-state index in [1.807, 2.05) is 20.8 Å². The van der Waals surface area contributed by atoms with Crippen molar-refractivity contribution in [2.75, 3.05) is 5.32 Å². The molecule has 0 fully saturated rings. The van der Waals surface area contributed by atoms with E-state index in [2.05, 4.69) is 14.9 Å². The quantitative estimate of drug-likeness (QED) is 0.834. The highest BCUT2D eigenvalue weighted by molar-refractivity contribution is 7.08. The fourth-order valence-electron chi connectivity index (χ4n) is 1.75. The van der Waals surface area contributed by atoms with Crippen LogP contribution in [0.1, 0.15) is 41.7 Å². The summed E-state index contributed by atoms with van der Waals surface area (Å²) in [5, 5.41) is 16.3.